The molecule has 1 aromatic rings. The first kappa shape index (κ1) is 24.0. The van der Waals surface area contributed by atoms with Crippen molar-refractivity contribution in [2.45, 2.75) is 50.4 Å². The second-order valence-electron chi connectivity index (χ2n) is 6.50. The standard InChI is InChI=1S/C18H26N4O7/c1-9(15(22)18(27)29-16(25)12(19)6-7-14(21)24)28-17(26)13(20)8-10-2-4-11(23)5-3-10/h2-5,9,12-13,15,23H,6-8,19-20,22H2,1H3,(H2,21,24)/t9-,12+,13+,15+/m1/s1. The number of phenols is 1. The Bertz CT molecular complexity index is 738. The highest BCUT2D eigenvalue weighted by Gasteiger charge is 2.30. The van der Waals surface area contributed by atoms with Gasteiger partial charge in [-0.15, -0.1) is 0 Å². The summed E-state index contributed by atoms with van der Waals surface area (Å²) in [7, 11) is 0. The van der Waals surface area contributed by atoms with Crippen LogP contribution in [0, 0.1) is 0 Å². The summed E-state index contributed by atoms with van der Waals surface area (Å²) in [6.45, 7) is 1.34. The van der Waals surface area contributed by atoms with Crippen molar-refractivity contribution < 1.29 is 33.8 Å². The summed E-state index contributed by atoms with van der Waals surface area (Å²) >= 11 is 0. The van der Waals surface area contributed by atoms with Crippen molar-refractivity contribution in [1.82, 2.24) is 0 Å². The summed E-state index contributed by atoms with van der Waals surface area (Å²) in [6.07, 6.45) is -1.23. The fourth-order valence-corrected chi connectivity index (χ4v) is 2.16. The molecule has 4 atom stereocenters. The molecule has 1 rings (SSSR count). The van der Waals surface area contributed by atoms with Crippen molar-refractivity contribution in [3.63, 3.8) is 0 Å². The molecule has 1 amide bonds. The number of amides is 1. The lowest BCUT2D eigenvalue weighted by Gasteiger charge is -2.21. The van der Waals surface area contributed by atoms with Crippen LogP contribution in [-0.2, 0) is 35.1 Å². The first-order chi connectivity index (χ1) is 13.5. The molecule has 0 aliphatic heterocycles. The van der Waals surface area contributed by atoms with E-state index in [4.69, 9.17) is 27.7 Å². The average molecular weight is 410 g/mol. The number of nitrogens with two attached hydrogens (primary N) is 4. The molecule has 0 spiro atoms. The molecule has 0 saturated heterocycles. The number of esters is 3. The first-order valence-electron chi connectivity index (χ1n) is 8.80. The van der Waals surface area contributed by atoms with Gasteiger partial charge in [0.05, 0.1) is 0 Å². The molecule has 9 N–H and O–H groups in total. The number of carbonyl (C=O) groups is 4. The van der Waals surface area contributed by atoms with Crippen molar-refractivity contribution in [3.05, 3.63) is 29.8 Å². The third-order valence-electron chi connectivity index (χ3n) is 3.98. The number of ether oxygens (including phenoxy) is 2. The molecule has 0 radical (unpaired) electrons. The second-order valence-corrected chi connectivity index (χ2v) is 6.50. The van der Waals surface area contributed by atoms with Crippen LogP contribution in [0.3, 0.4) is 0 Å². The summed E-state index contributed by atoms with van der Waals surface area (Å²) in [4.78, 5) is 46.5. The van der Waals surface area contributed by atoms with Gasteiger partial charge in [0.1, 0.15) is 30.0 Å². The van der Waals surface area contributed by atoms with E-state index < -0.39 is 48.0 Å². The van der Waals surface area contributed by atoms with Gasteiger partial charge in [-0.05, 0) is 37.5 Å². The monoisotopic (exact) mass is 410 g/mol. The predicted octanol–water partition coefficient (Wildman–Crippen LogP) is -1.82. The van der Waals surface area contributed by atoms with Crippen LogP contribution in [0.25, 0.3) is 0 Å². The van der Waals surface area contributed by atoms with E-state index in [1.807, 2.05) is 0 Å². The number of rotatable bonds is 10. The highest BCUT2D eigenvalue weighted by molar-refractivity contribution is 5.91. The molecule has 11 heteroatoms. The van der Waals surface area contributed by atoms with Gasteiger partial charge in [0.25, 0.3) is 0 Å². The molecule has 0 bridgehead atoms. The largest absolute Gasteiger partial charge is 0.508 e. The van der Waals surface area contributed by atoms with Crippen LogP contribution in [-0.4, -0.2) is 53.2 Å². The van der Waals surface area contributed by atoms with E-state index in [0.717, 1.165) is 0 Å². The Balaban J connectivity index is 2.52. The van der Waals surface area contributed by atoms with E-state index in [1.54, 1.807) is 12.1 Å². The number of benzene rings is 1. The Morgan fingerprint density at radius 2 is 1.55 bits per heavy atom. The van der Waals surface area contributed by atoms with E-state index in [2.05, 4.69) is 4.74 Å². The van der Waals surface area contributed by atoms with Crippen LogP contribution in [0.4, 0.5) is 0 Å². The maximum absolute atomic E-state index is 12.1. The Morgan fingerprint density at radius 3 is 2.10 bits per heavy atom. The molecular formula is C18H26N4O7. The normalized spacial score (nSPS) is 14.9. The summed E-state index contributed by atoms with van der Waals surface area (Å²) in [6, 6.07) is 2.39. The van der Waals surface area contributed by atoms with Gasteiger partial charge in [0.2, 0.25) is 5.91 Å². The van der Waals surface area contributed by atoms with Gasteiger partial charge in [-0.3, -0.25) is 9.59 Å². The maximum atomic E-state index is 12.1. The molecule has 29 heavy (non-hydrogen) atoms. The predicted molar refractivity (Wildman–Crippen MR) is 101 cm³/mol. The Morgan fingerprint density at radius 1 is 0.966 bits per heavy atom. The molecule has 1 aromatic carbocycles. The SMILES string of the molecule is C[C@@H](OC(=O)[C@@H](N)Cc1ccc(O)cc1)[C@H](N)C(=O)OC(=O)[C@@H](N)CCC(N)=O. The number of carbonyl (C=O) groups excluding carboxylic acids is 4. The zero-order valence-electron chi connectivity index (χ0n) is 15.9. The van der Waals surface area contributed by atoms with Crippen molar-refractivity contribution >= 4 is 23.8 Å². The van der Waals surface area contributed by atoms with Gasteiger partial charge >= 0.3 is 17.9 Å². The minimum Gasteiger partial charge on any atom is -0.508 e. The number of aromatic hydroxyl groups is 1. The van der Waals surface area contributed by atoms with Crippen LogP contribution >= 0.6 is 0 Å². The van der Waals surface area contributed by atoms with Crippen molar-refractivity contribution in [3.8, 4) is 5.75 Å². The zero-order valence-corrected chi connectivity index (χ0v) is 15.9. The third-order valence-corrected chi connectivity index (χ3v) is 3.98. The van der Waals surface area contributed by atoms with Gasteiger partial charge in [-0.25, -0.2) is 9.59 Å². The molecule has 0 fully saturated rings. The van der Waals surface area contributed by atoms with Gasteiger partial charge in [-0.2, -0.15) is 0 Å². The first-order valence-corrected chi connectivity index (χ1v) is 8.80. The maximum Gasteiger partial charge on any atom is 0.334 e. The van der Waals surface area contributed by atoms with Gasteiger partial charge in [-0.1, -0.05) is 12.1 Å². The lowest BCUT2D eigenvalue weighted by Crippen LogP contribution is -2.48. The number of phenolic OH excluding ortho intramolecular Hbond substituents is 1. The fraction of sp³-hybridized carbons (Fsp3) is 0.444. The quantitative estimate of drug-likeness (QED) is 0.215. The molecule has 0 saturated carbocycles. The molecule has 0 aromatic heterocycles. The molecule has 0 unspecified atom stereocenters. The number of hydrogen-bond donors (Lipinski definition) is 5. The molecule has 0 aliphatic carbocycles. The average Bonchev–Trinajstić information content (AvgIpc) is 2.66. The lowest BCUT2D eigenvalue weighted by atomic mass is 10.1. The van der Waals surface area contributed by atoms with Crippen LogP contribution < -0.4 is 22.9 Å². The Labute approximate surface area is 167 Å². The minimum atomic E-state index is -1.45. The zero-order chi connectivity index (χ0) is 22.1. The molecular weight excluding hydrogens is 384 g/mol. The van der Waals surface area contributed by atoms with Gasteiger partial charge < -0.3 is 37.5 Å². The number of hydrogen-bond acceptors (Lipinski definition) is 10. The van der Waals surface area contributed by atoms with Crippen LogP contribution in [0.5, 0.6) is 5.75 Å². The van der Waals surface area contributed by atoms with Crippen LogP contribution in [0.1, 0.15) is 25.3 Å². The van der Waals surface area contributed by atoms with Gasteiger partial charge in [0.15, 0.2) is 0 Å². The third kappa shape index (κ3) is 8.25. The molecule has 0 heterocycles. The van der Waals surface area contributed by atoms with Crippen molar-refractivity contribution in [2.24, 2.45) is 22.9 Å². The minimum absolute atomic E-state index is 0.0758. The fourth-order valence-electron chi connectivity index (χ4n) is 2.16. The Kier molecular flexibility index (Phi) is 9.19. The summed E-state index contributed by atoms with van der Waals surface area (Å²) in [5.41, 5.74) is 22.6. The smallest absolute Gasteiger partial charge is 0.334 e. The topological polar surface area (TPSA) is 211 Å². The lowest BCUT2D eigenvalue weighted by molar-refractivity contribution is -0.165. The van der Waals surface area contributed by atoms with E-state index in [-0.39, 0.29) is 25.0 Å². The molecule has 160 valence electrons. The summed E-state index contributed by atoms with van der Waals surface area (Å²) in [5.74, 6) is -3.60. The van der Waals surface area contributed by atoms with E-state index >= 15 is 0 Å². The highest BCUT2D eigenvalue weighted by atomic mass is 16.6. The number of primary amides is 1. The van der Waals surface area contributed by atoms with Crippen molar-refractivity contribution in [2.75, 3.05) is 0 Å². The van der Waals surface area contributed by atoms with Crippen molar-refractivity contribution in [1.29, 1.82) is 0 Å². The van der Waals surface area contributed by atoms with Gasteiger partial charge in [0, 0.05) is 6.42 Å². The van der Waals surface area contributed by atoms with Crippen LogP contribution in [0.2, 0.25) is 0 Å². The Hall–Kier alpha value is -3.02. The molecule has 0 aliphatic rings. The van der Waals surface area contributed by atoms with E-state index in [9.17, 15) is 24.3 Å². The van der Waals surface area contributed by atoms with Crippen LogP contribution in [0.15, 0.2) is 24.3 Å². The highest BCUT2D eigenvalue weighted by Crippen LogP contribution is 2.12. The second kappa shape index (κ2) is 11.1. The summed E-state index contributed by atoms with van der Waals surface area (Å²) in [5, 5.41) is 9.25. The molecule has 11 nitrogen and oxygen atoms in total. The van der Waals surface area contributed by atoms with E-state index in [0.29, 0.717) is 5.56 Å². The van der Waals surface area contributed by atoms with E-state index in [1.165, 1.54) is 19.1 Å². The summed E-state index contributed by atoms with van der Waals surface area (Å²) < 4.78 is 9.62.